The summed E-state index contributed by atoms with van der Waals surface area (Å²) < 4.78 is 25.1. The van der Waals surface area contributed by atoms with Crippen molar-refractivity contribution in [1.29, 1.82) is 0 Å². The van der Waals surface area contributed by atoms with Gasteiger partial charge in [-0.15, -0.1) is 4.89 Å². The minimum atomic E-state index is -3.82. The Hall–Kier alpha value is 0.210. The molecule has 0 bridgehead atoms. The summed E-state index contributed by atoms with van der Waals surface area (Å²) in [5, 5.41) is 0. The molecule has 0 spiro atoms. The van der Waals surface area contributed by atoms with Crippen LogP contribution in [-0.4, -0.2) is 15.9 Å². The Labute approximate surface area is 78.6 Å². The SMILES string of the molecule is CCCCCCP(=O)(O)O[P+](=O)O. The van der Waals surface area contributed by atoms with Gasteiger partial charge in [0, 0.05) is 4.57 Å². The van der Waals surface area contributed by atoms with Crippen LogP contribution in [0.3, 0.4) is 0 Å². The minimum absolute atomic E-state index is 0.0470. The summed E-state index contributed by atoms with van der Waals surface area (Å²) in [6.07, 6.45) is 3.36. The van der Waals surface area contributed by atoms with Gasteiger partial charge in [0.25, 0.3) is 0 Å². The highest BCUT2D eigenvalue weighted by Gasteiger charge is 2.31. The Bertz CT molecular complexity index is 205. The fourth-order valence-electron chi connectivity index (χ4n) is 0.888. The Morgan fingerprint density at radius 3 is 2.46 bits per heavy atom. The summed E-state index contributed by atoms with van der Waals surface area (Å²) in [4.78, 5) is 17.2. The van der Waals surface area contributed by atoms with E-state index in [0.29, 0.717) is 6.42 Å². The van der Waals surface area contributed by atoms with Crippen molar-refractivity contribution in [2.75, 3.05) is 6.16 Å². The predicted octanol–water partition coefficient (Wildman–Crippen LogP) is 2.42. The van der Waals surface area contributed by atoms with Crippen LogP contribution in [0.4, 0.5) is 0 Å². The molecule has 2 atom stereocenters. The molecule has 0 heterocycles. The normalized spacial score (nSPS) is 16.7. The van der Waals surface area contributed by atoms with Crippen molar-refractivity contribution >= 4 is 15.9 Å². The molecular weight excluding hydrogens is 214 g/mol. The molecule has 0 amide bonds. The summed E-state index contributed by atoms with van der Waals surface area (Å²) in [5.74, 6) is 0. The molecule has 2 N–H and O–H groups in total. The average Bonchev–Trinajstić information content (AvgIpc) is 1.95. The number of rotatable bonds is 7. The van der Waals surface area contributed by atoms with Crippen LogP contribution in [0.1, 0.15) is 32.6 Å². The number of unbranched alkanes of at least 4 members (excludes halogenated alkanes) is 3. The molecule has 0 radical (unpaired) electrons. The van der Waals surface area contributed by atoms with Gasteiger partial charge in [-0.3, -0.25) is 4.57 Å². The fourth-order valence-corrected chi connectivity index (χ4v) is 2.71. The quantitative estimate of drug-likeness (QED) is 0.517. The lowest BCUT2D eigenvalue weighted by Gasteiger charge is -2.02. The van der Waals surface area contributed by atoms with E-state index in [1.54, 1.807) is 0 Å². The van der Waals surface area contributed by atoms with Crippen molar-refractivity contribution < 1.29 is 23.2 Å². The first kappa shape index (κ1) is 13.2. The molecule has 0 saturated heterocycles. The zero-order valence-corrected chi connectivity index (χ0v) is 9.34. The summed E-state index contributed by atoms with van der Waals surface area (Å²) in [6.45, 7) is 2.03. The minimum Gasteiger partial charge on any atom is -0.322 e. The second-order valence-electron chi connectivity index (χ2n) is 2.74. The zero-order chi connectivity index (χ0) is 10.3. The van der Waals surface area contributed by atoms with Crippen LogP contribution < -0.4 is 0 Å². The third kappa shape index (κ3) is 8.54. The van der Waals surface area contributed by atoms with Crippen LogP contribution in [0, 0.1) is 0 Å². The molecule has 0 fully saturated rings. The van der Waals surface area contributed by atoms with Gasteiger partial charge in [0.2, 0.25) is 0 Å². The van der Waals surface area contributed by atoms with E-state index in [1.165, 1.54) is 0 Å². The van der Waals surface area contributed by atoms with Crippen LogP contribution >= 0.6 is 15.9 Å². The lowest BCUT2D eigenvalue weighted by Crippen LogP contribution is -1.90. The molecule has 0 saturated carbocycles. The second-order valence-corrected chi connectivity index (χ2v) is 5.59. The largest absolute Gasteiger partial charge is 0.703 e. The first-order chi connectivity index (χ1) is 5.98. The molecule has 5 nitrogen and oxygen atoms in total. The molecular formula is C6H15O5P2+. The molecule has 0 aromatic rings. The van der Waals surface area contributed by atoms with Gasteiger partial charge in [-0.25, -0.2) is 0 Å². The van der Waals surface area contributed by atoms with Gasteiger partial charge in [-0.05, 0) is 10.7 Å². The topological polar surface area (TPSA) is 83.8 Å². The second kappa shape index (κ2) is 6.63. The molecule has 78 valence electrons. The van der Waals surface area contributed by atoms with E-state index in [4.69, 9.17) is 9.79 Å². The van der Waals surface area contributed by atoms with Gasteiger partial charge in [0.1, 0.15) is 0 Å². The molecule has 13 heavy (non-hydrogen) atoms. The standard InChI is InChI=1S/C6H14O5P2/c1-2-3-4-5-6-13(9,10)11-12(7)8/h2-6H2,1H3,(H-,7,8,9,10)/p+1. The van der Waals surface area contributed by atoms with Crippen molar-refractivity contribution in [3.8, 4) is 0 Å². The van der Waals surface area contributed by atoms with Crippen LogP contribution in [0.2, 0.25) is 0 Å². The smallest absolute Gasteiger partial charge is 0.322 e. The number of hydrogen-bond donors (Lipinski definition) is 2. The molecule has 0 aliphatic carbocycles. The van der Waals surface area contributed by atoms with E-state index in [0.717, 1.165) is 19.3 Å². The van der Waals surface area contributed by atoms with Gasteiger partial charge >= 0.3 is 15.9 Å². The monoisotopic (exact) mass is 229 g/mol. The zero-order valence-electron chi connectivity index (χ0n) is 7.55. The Morgan fingerprint density at radius 1 is 1.38 bits per heavy atom. The first-order valence-corrected chi connectivity index (χ1v) is 7.05. The van der Waals surface area contributed by atoms with Gasteiger partial charge in [-0.2, -0.15) is 0 Å². The van der Waals surface area contributed by atoms with Gasteiger partial charge in [0.15, 0.2) is 0 Å². The molecule has 0 rings (SSSR count). The van der Waals surface area contributed by atoms with Gasteiger partial charge in [0.05, 0.1) is 6.16 Å². The molecule has 0 aliphatic rings. The summed E-state index contributed by atoms with van der Waals surface area (Å²) in [6, 6.07) is 0. The highest BCUT2D eigenvalue weighted by Crippen LogP contribution is 2.50. The van der Waals surface area contributed by atoms with Crippen LogP contribution in [-0.2, 0) is 13.4 Å². The summed E-state index contributed by atoms with van der Waals surface area (Å²) in [5.41, 5.74) is 0. The van der Waals surface area contributed by atoms with Gasteiger partial charge < -0.3 is 4.89 Å². The maximum Gasteiger partial charge on any atom is 0.703 e. The lowest BCUT2D eigenvalue weighted by molar-refractivity contribution is 0.348. The van der Waals surface area contributed by atoms with E-state index in [1.807, 2.05) is 6.92 Å². The Kier molecular flexibility index (Phi) is 6.74. The molecule has 0 aromatic carbocycles. The summed E-state index contributed by atoms with van der Waals surface area (Å²) in [7, 11) is -6.80. The van der Waals surface area contributed by atoms with E-state index in [9.17, 15) is 9.13 Å². The van der Waals surface area contributed by atoms with E-state index in [-0.39, 0.29) is 6.16 Å². The third-order valence-corrected chi connectivity index (χ3v) is 3.95. The lowest BCUT2D eigenvalue weighted by atomic mass is 10.2. The maximum absolute atomic E-state index is 11.0. The predicted molar refractivity (Wildman–Crippen MR) is 49.7 cm³/mol. The fraction of sp³-hybridized carbons (Fsp3) is 1.00. The van der Waals surface area contributed by atoms with E-state index in [2.05, 4.69) is 4.31 Å². The third-order valence-electron chi connectivity index (χ3n) is 1.49. The Morgan fingerprint density at radius 2 is 2.00 bits per heavy atom. The number of hydrogen-bond acceptors (Lipinski definition) is 3. The summed E-state index contributed by atoms with van der Waals surface area (Å²) >= 11 is 0. The molecule has 2 unspecified atom stereocenters. The van der Waals surface area contributed by atoms with E-state index >= 15 is 0 Å². The van der Waals surface area contributed by atoms with Crippen LogP contribution in [0.5, 0.6) is 0 Å². The Balaban J connectivity index is 3.63. The first-order valence-electron chi connectivity index (χ1n) is 4.15. The van der Waals surface area contributed by atoms with E-state index < -0.39 is 15.9 Å². The highest BCUT2D eigenvalue weighted by atomic mass is 31.2. The van der Waals surface area contributed by atoms with Gasteiger partial charge in [-0.1, -0.05) is 26.2 Å². The van der Waals surface area contributed by atoms with Crippen molar-refractivity contribution in [3.63, 3.8) is 0 Å². The highest BCUT2D eigenvalue weighted by molar-refractivity contribution is 7.59. The van der Waals surface area contributed by atoms with Crippen molar-refractivity contribution in [2.45, 2.75) is 32.6 Å². The van der Waals surface area contributed by atoms with Crippen molar-refractivity contribution in [2.24, 2.45) is 0 Å². The maximum atomic E-state index is 11.0. The van der Waals surface area contributed by atoms with Crippen LogP contribution in [0.25, 0.3) is 0 Å². The van der Waals surface area contributed by atoms with Crippen LogP contribution in [0.15, 0.2) is 0 Å². The molecule has 7 heteroatoms. The van der Waals surface area contributed by atoms with Crippen molar-refractivity contribution in [1.82, 2.24) is 0 Å². The molecule has 0 aliphatic heterocycles. The van der Waals surface area contributed by atoms with Crippen molar-refractivity contribution in [3.05, 3.63) is 0 Å². The molecule has 0 aromatic heterocycles. The average molecular weight is 229 g/mol.